The molecule has 114 valence electrons. The first-order chi connectivity index (χ1) is 10.6. The predicted octanol–water partition coefficient (Wildman–Crippen LogP) is 3.26. The number of fused-ring (bicyclic) bond motifs is 1. The summed E-state index contributed by atoms with van der Waals surface area (Å²) in [6, 6.07) is 8.20. The molecular weight excluding hydrogens is 284 g/mol. The lowest BCUT2D eigenvalue weighted by Gasteiger charge is -2.24. The summed E-state index contributed by atoms with van der Waals surface area (Å²) < 4.78 is 16.5. The highest BCUT2D eigenvalue weighted by molar-refractivity contribution is 5.64. The normalized spacial score (nSPS) is 15.8. The highest BCUT2D eigenvalue weighted by atomic mass is 16.5. The van der Waals surface area contributed by atoms with Crippen molar-refractivity contribution in [3.8, 4) is 28.7 Å². The topological polar surface area (TPSA) is 68.2 Å². The van der Waals surface area contributed by atoms with E-state index < -0.39 is 0 Å². The molecule has 0 aliphatic carbocycles. The van der Waals surface area contributed by atoms with E-state index in [9.17, 15) is 10.2 Å². The zero-order valence-electron chi connectivity index (χ0n) is 12.2. The Morgan fingerprint density at radius 2 is 1.77 bits per heavy atom. The maximum Gasteiger partial charge on any atom is 0.203 e. The number of hydrogen-bond donors (Lipinski definition) is 2. The van der Waals surface area contributed by atoms with Gasteiger partial charge in [-0.3, -0.25) is 0 Å². The smallest absolute Gasteiger partial charge is 0.203 e. The fourth-order valence-electron chi connectivity index (χ4n) is 2.51. The first-order valence-corrected chi connectivity index (χ1v) is 6.75. The van der Waals surface area contributed by atoms with Crippen molar-refractivity contribution in [2.24, 2.45) is 0 Å². The van der Waals surface area contributed by atoms with Crippen molar-refractivity contribution in [3.05, 3.63) is 47.5 Å². The second-order valence-corrected chi connectivity index (χ2v) is 4.86. The summed E-state index contributed by atoms with van der Waals surface area (Å²) in [6.45, 7) is 0. The van der Waals surface area contributed by atoms with Crippen molar-refractivity contribution in [1.82, 2.24) is 0 Å². The lowest BCUT2D eigenvalue weighted by Crippen LogP contribution is -2.10. The van der Waals surface area contributed by atoms with Crippen LogP contribution in [0.5, 0.6) is 28.7 Å². The van der Waals surface area contributed by atoms with Crippen LogP contribution in [0.25, 0.3) is 6.08 Å². The molecule has 0 spiro atoms. The summed E-state index contributed by atoms with van der Waals surface area (Å²) in [5.74, 6) is 1.56. The Balaban J connectivity index is 2.02. The molecule has 5 heteroatoms. The van der Waals surface area contributed by atoms with E-state index in [2.05, 4.69) is 0 Å². The van der Waals surface area contributed by atoms with Gasteiger partial charge in [-0.1, -0.05) is 6.08 Å². The zero-order chi connectivity index (χ0) is 15.7. The zero-order valence-corrected chi connectivity index (χ0v) is 12.2. The molecular formula is C17H16O5. The molecule has 1 heterocycles. The van der Waals surface area contributed by atoms with Gasteiger partial charge in [-0.2, -0.15) is 0 Å². The lowest BCUT2D eigenvalue weighted by molar-refractivity contribution is 0.241. The van der Waals surface area contributed by atoms with Crippen LogP contribution >= 0.6 is 0 Å². The summed E-state index contributed by atoms with van der Waals surface area (Å²) in [6.07, 6.45) is 3.36. The number of benzene rings is 2. The Labute approximate surface area is 128 Å². The first kappa shape index (κ1) is 14.1. The molecule has 22 heavy (non-hydrogen) atoms. The van der Waals surface area contributed by atoms with Crippen LogP contribution in [0.3, 0.4) is 0 Å². The van der Waals surface area contributed by atoms with Gasteiger partial charge in [0, 0.05) is 11.1 Å². The van der Waals surface area contributed by atoms with Gasteiger partial charge in [-0.05, 0) is 36.4 Å². The Kier molecular flexibility index (Phi) is 3.55. The number of methoxy groups -OCH3 is 2. The third-order valence-electron chi connectivity index (χ3n) is 3.53. The largest absolute Gasteiger partial charge is 0.508 e. The van der Waals surface area contributed by atoms with E-state index in [1.807, 2.05) is 12.2 Å². The van der Waals surface area contributed by atoms with Crippen molar-refractivity contribution in [2.45, 2.75) is 6.10 Å². The molecule has 0 aromatic heterocycles. The molecule has 1 atom stereocenters. The minimum Gasteiger partial charge on any atom is -0.508 e. The monoisotopic (exact) mass is 300 g/mol. The van der Waals surface area contributed by atoms with Crippen LogP contribution in [-0.4, -0.2) is 24.4 Å². The van der Waals surface area contributed by atoms with Gasteiger partial charge in [-0.15, -0.1) is 0 Å². The molecule has 2 N–H and O–H groups in total. The van der Waals surface area contributed by atoms with Gasteiger partial charge >= 0.3 is 0 Å². The van der Waals surface area contributed by atoms with Crippen LogP contribution in [-0.2, 0) is 0 Å². The molecule has 0 unspecified atom stereocenters. The van der Waals surface area contributed by atoms with E-state index in [1.54, 1.807) is 30.3 Å². The molecule has 2 aromatic carbocycles. The highest BCUT2D eigenvalue weighted by Crippen LogP contribution is 2.44. The Morgan fingerprint density at radius 3 is 2.50 bits per heavy atom. The van der Waals surface area contributed by atoms with E-state index in [1.165, 1.54) is 14.2 Å². The number of phenolic OH excluding ortho intramolecular Hbond substituents is 2. The Bertz CT molecular complexity index is 736. The predicted molar refractivity (Wildman–Crippen MR) is 81.7 cm³/mol. The molecule has 5 nitrogen and oxygen atoms in total. The molecule has 0 radical (unpaired) electrons. The van der Waals surface area contributed by atoms with Crippen LogP contribution in [0.1, 0.15) is 17.2 Å². The lowest BCUT2D eigenvalue weighted by atomic mass is 10.0. The van der Waals surface area contributed by atoms with Crippen LogP contribution < -0.4 is 14.2 Å². The second kappa shape index (κ2) is 5.52. The summed E-state index contributed by atoms with van der Waals surface area (Å²) in [7, 11) is 2.98. The SMILES string of the molecule is COc1c(O)ccc([C@@H]2C=Cc3cc(O)ccc3O2)c1OC. The molecule has 0 amide bonds. The van der Waals surface area contributed by atoms with Gasteiger partial charge in [0.1, 0.15) is 17.6 Å². The van der Waals surface area contributed by atoms with Crippen molar-refractivity contribution >= 4 is 6.08 Å². The third kappa shape index (κ3) is 2.30. The highest BCUT2D eigenvalue weighted by Gasteiger charge is 2.24. The summed E-state index contributed by atoms with van der Waals surface area (Å²) in [4.78, 5) is 0. The molecule has 0 saturated carbocycles. The maximum absolute atomic E-state index is 9.84. The van der Waals surface area contributed by atoms with E-state index in [0.29, 0.717) is 11.5 Å². The van der Waals surface area contributed by atoms with Gasteiger partial charge in [0.25, 0.3) is 0 Å². The average molecular weight is 300 g/mol. The van der Waals surface area contributed by atoms with Crippen LogP contribution in [0.15, 0.2) is 36.4 Å². The van der Waals surface area contributed by atoms with Gasteiger partial charge in [0.2, 0.25) is 5.75 Å². The first-order valence-electron chi connectivity index (χ1n) is 6.75. The molecule has 3 rings (SSSR count). The number of ether oxygens (including phenoxy) is 3. The van der Waals surface area contributed by atoms with Crippen LogP contribution in [0, 0.1) is 0 Å². The van der Waals surface area contributed by atoms with Crippen molar-refractivity contribution in [2.75, 3.05) is 14.2 Å². The van der Waals surface area contributed by atoms with Gasteiger partial charge in [0.15, 0.2) is 11.5 Å². The number of hydrogen-bond acceptors (Lipinski definition) is 5. The van der Waals surface area contributed by atoms with Gasteiger partial charge in [0.05, 0.1) is 14.2 Å². The molecule has 1 aliphatic rings. The molecule has 2 aromatic rings. The van der Waals surface area contributed by atoms with E-state index in [-0.39, 0.29) is 23.4 Å². The van der Waals surface area contributed by atoms with Crippen molar-refractivity contribution in [3.63, 3.8) is 0 Å². The Hall–Kier alpha value is -2.82. The molecule has 1 aliphatic heterocycles. The van der Waals surface area contributed by atoms with Gasteiger partial charge < -0.3 is 24.4 Å². The number of rotatable bonds is 3. The van der Waals surface area contributed by atoms with Crippen molar-refractivity contribution < 1.29 is 24.4 Å². The molecule has 0 saturated heterocycles. The fourth-order valence-corrected chi connectivity index (χ4v) is 2.51. The van der Waals surface area contributed by atoms with Gasteiger partial charge in [-0.25, -0.2) is 0 Å². The molecule has 0 bridgehead atoms. The third-order valence-corrected chi connectivity index (χ3v) is 3.53. The van der Waals surface area contributed by atoms with Crippen LogP contribution in [0.4, 0.5) is 0 Å². The average Bonchev–Trinajstić information content (AvgIpc) is 2.54. The minimum atomic E-state index is -0.374. The quantitative estimate of drug-likeness (QED) is 0.910. The minimum absolute atomic E-state index is 0.00760. The standard InChI is InChI=1S/C17H16O5/c1-20-16-12(5-6-13(19)17(16)21-2)15-7-3-10-9-11(18)4-8-14(10)22-15/h3-9,15,18-19H,1-2H3/t15-/m0/s1. The maximum atomic E-state index is 9.84. The summed E-state index contributed by atoms with van der Waals surface area (Å²) in [5.41, 5.74) is 1.55. The van der Waals surface area contributed by atoms with E-state index in [0.717, 1.165) is 11.1 Å². The summed E-state index contributed by atoms with van der Waals surface area (Å²) in [5, 5.41) is 19.3. The fraction of sp³-hybridized carbons (Fsp3) is 0.176. The molecule has 0 fully saturated rings. The number of phenols is 2. The Morgan fingerprint density at radius 1 is 1.00 bits per heavy atom. The summed E-state index contributed by atoms with van der Waals surface area (Å²) >= 11 is 0. The van der Waals surface area contributed by atoms with Crippen molar-refractivity contribution in [1.29, 1.82) is 0 Å². The van der Waals surface area contributed by atoms with E-state index >= 15 is 0 Å². The van der Waals surface area contributed by atoms with E-state index in [4.69, 9.17) is 14.2 Å². The second-order valence-electron chi connectivity index (χ2n) is 4.86. The van der Waals surface area contributed by atoms with Crippen LogP contribution in [0.2, 0.25) is 0 Å². The number of aromatic hydroxyl groups is 2.